The number of aliphatic hydroxyl groups is 1. The number of aliphatic hydroxyl groups excluding tert-OH is 1. The zero-order valence-corrected chi connectivity index (χ0v) is 24.8. The minimum Gasteiger partial charge on any atom is -0.494 e. The number of nitrogens with zero attached hydrogens (tertiary/aromatic N) is 2. The maximum atomic E-state index is 14.3. The van der Waals surface area contributed by atoms with Crippen LogP contribution in [0.1, 0.15) is 29.2 Å². The topological polar surface area (TPSA) is 92.6 Å². The van der Waals surface area contributed by atoms with Crippen LogP contribution in [0.2, 0.25) is 10.0 Å². The average Bonchev–Trinajstić information content (AvgIpc) is 3.38. The van der Waals surface area contributed by atoms with Gasteiger partial charge in [-0.25, -0.2) is 4.99 Å². The number of rotatable bonds is 12. The molecule has 2 N–H and O–H groups in total. The molecule has 42 heavy (non-hydrogen) atoms. The molecular weight excluding hydrogens is 577 g/mol. The van der Waals surface area contributed by atoms with Crippen molar-refractivity contribution in [1.82, 2.24) is 10.2 Å². The molecule has 10 heteroatoms. The number of amides is 1. The van der Waals surface area contributed by atoms with Crippen molar-refractivity contribution >= 4 is 35.0 Å². The molecule has 1 saturated heterocycles. The van der Waals surface area contributed by atoms with Crippen LogP contribution in [0.3, 0.4) is 0 Å². The van der Waals surface area contributed by atoms with E-state index in [0.29, 0.717) is 78.6 Å². The molecule has 2 aliphatic rings. The predicted octanol–water partition coefficient (Wildman–Crippen LogP) is 4.70. The zero-order chi connectivity index (χ0) is 29.4. The molecule has 2 aliphatic heterocycles. The number of morpholine rings is 1. The van der Waals surface area contributed by atoms with Gasteiger partial charge in [-0.05, 0) is 42.0 Å². The lowest BCUT2D eigenvalue weighted by Gasteiger charge is -2.32. The van der Waals surface area contributed by atoms with Gasteiger partial charge in [0.2, 0.25) is 5.90 Å². The summed E-state index contributed by atoms with van der Waals surface area (Å²) < 4.78 is 17.7. The van der Waals surface area contributed by atoms with Gasteiger partial charge in [-0.15, -0.1) is 0 Å². The monoisotopic (exact) mass is 611 g/mol. The van der Waals surface area contributed by atoms with Crippen LogP contribution >= 0.6 is 23.2 Å². The normalized spacial score (nSPS) is 20.5. The quantitative estimate of drug-likeness (QED) is 0.288. The molecule has 222 valence electrons. The second-order valence-electron chi connectivity index (χ2n) is 10.3. The first-order valence-electron chi connectivity index (χ1n) is 14.2. The number of carbonyl (C=O) groups is 1. The molecule has 8 nitrogen and oxygen atoms in total. The number of halogens is 2. The molecule has 0 aromatic heterocycles. The second-order valence-corrected chi connectivity index (χ2v) is 11.2. The van der Waals surface area contributed by atoms with Crippen LogP contribution in [0.5, 0.6) is 5.75 Å². The highest BCUT2D eigenvalue weighted by atomic mass is 35.5. The van der Waals surface area contributed by atoms with Crippen LogP contribution in [-0.4, -0.2) is 80.0 Å². The second kappa shape index (κ2) is 14.4. The molecule has 5 rings (SSSR count). The van der Waals surface area contributed by atoms with E-state index in [1.54, 1.807) is 18.2 Å². The highest BCUT2D eigenvalue weighted by molar-refractivity contribution is 6.35. The van der Waals surface area contributed by atoms with Crippen molar-refractivity contribution in [2.24, 2.45) is 4.99 Å². The average molecular weight is 613 g/mol. The summed E-state index contributed by atoms with van der Waals surface area (Å²) in [6.45, 7) is 4.69. The maximum Gasteiger partial charge on any atom is 0.252 e. The lowest BCUT2D eigenvalue weighted by molar-refractivity contribution is -0.129. The van der Waals surface area contributed by atoms with Gasteiger partial charge >= 0.3 is 0 Å². The summed E-state index contributed by atoms with van der Waals surface area (Å²) in [4.78, 5) is 21.6. The predicted molar refractivity (Wildman–Crippen MR) is 164 cm³/mol. The highest BCUT2D eigenvalue weighted by Gasteiger charge is 2.53. The molecule has 0 spiro atoms. The fourth-order valence-corrected chi connectivity index (χ4v) is 5.69. The van der Waals surface area contributed by atoms with Crippen molar-refractivity contribution in [3.8, 4) is 5.75 Å². The molecule has 1 amide bonds. The maximum absolute atomic E-state index is 14.3. The Morgan fingerprint density at radius 1 is 1.07 bits per heavy atom. The molecular formula is C32H35Cl2N3O5. The Hall–Kier alpha value is -3.14. The zero-order valence-electron chi connectivity index (χ0n) is 23.3. The minimum absolute atomic E-state index is 0.0649. The molecule has 1 fully saturated rings. The Morgan fingerprint density at radius 3 is 2.55 bits per heavy atom. The van der Waals surface area contributed by atoms with Crippen LogP contribution in [0.4, 0.5) is 0 Å². The summed E-state index contributed by atoms with van der Waals surface area (Å²) in [5.74, 6) is 0.765. The lowest BCUT2D eigenvalue weighted by atomic mass is 9.82. The Kier molecular flexibility index (Phi) is 10.4. The van der Waals surface area contributed by atoms with E-state index < -0.39 is 11.6 Å². The number of hydrogen-bond donors (Lipinski definition) is 2. The fraction of sp³-hybridized carbons (Fsp3) is 0.375. The summed E-state index contributed by atoms with van der Waals surface area (Å²) in [6, 6.07) is 22.3. The van der Waals surface area contributed by atoms with Gasteiger partial charge in [0, 0.05) is 66.8 Å². The van der Waals surface area contributed by atoms with Gasteiger partial charge in [-0.2, -0.15) is 0 Å². The van der Waals surface area contributed by atoms with Gasteiger partial charge in [-0.3, -0.25) is 9.69 Å². The van der Waals surface area contributed by atoms with Crippen LogP contribution in [0, 0.1) is 0 Å². The van der Waals surface area contributed by atoms with Crippen LogP contribution in [0.25, 0.3) is 0 Å². The third-order valence-corrected chi connectivity index (χ3v) is 7.97. The van der Waals surface area contributed by atoms with Crippen LogP contribution < -0.4 is 10.1 Å². The Labute approximate surface area is 256 Å². The van der Waals surface area contributed by atoms with Crippen molar-refractivity contribution in [1.29, 1.82) is 0 Å². The first kappa shape index (κ1) is 30.3. The van der Waals surface area contributed by atoms with E-state index in [0.717, 1.165) is 18.7 Å². The van der Waals surface area contributed by atoms with E-state index in [4.69, 9.17) is 47.5 Å². The fourth-order valence-electron chi connectivity index (χ4n) is 5.19. The van der Waals surface area contributed by atoms with Crippen molar-refractivity contribution in [2.75, 3.05) is 52.6 Å². The number of hydrogen-bond acceptors (Lipinski definition) is 7. The molecule has 0 bridgehead atoms. The van der Waals surface area contributed by atoms with E-state index in [1.807, 2.05) is 54.6 Å². The molecule has 0 aliphatic carbocycles. The Bertz CT molecular complexity index is 1370. The molecule has 0 unspecified atom stereocenters. The summed E-state index contributed by atoms with van der Waals surface area (Å²) in [7, 11) is 0. The third kappa shape index (κ3) is 7.25. The summed E-state index contributed by atoms with van der Waals surface area (Å²) >= 11 is 13.0. The Morgan fingerprint density at radius 2 is 1.83 bits per heavy atom. The molecule has 2 atom stereocenters. The number of benzene rings is 3. The van der Waals surface area contributed by atoms with Gasteiger partial charge in [0.15, 0.2) is 11.6 Å². The van der Waals surface area contributed by atoms with E-state index in [2.05, 4.69) is 10.2 Å². The van der Waals surface area contributed by atoms with Crippen molar-refractivity contribution < 1.29 is 24.1 Å². The van der Waals surface area contributed by atoms with E-state index in [9.17, 15) is 4.79 Å². The standard InChI is InChI=1S/C32H35Cl2N3O5/c33-25-9-12-27(28(34)21-25)29-32(22-23-5-2-1-3-6-23,31(39)35-13-14-37-15-19-40-20-16-37)36-30(42-29)24-7-10-26(11-8-24)41-18-4-17-38/h1-3,5-12,21,29,38H,4,13-20,22H2,(H,35,39)/t29-,32-/m1/s1. The molecule has 0 radical (unpaired) electrons. The lowest BCUT2D eigenvalue weighted by Crippen LogP contribution is -2.51. The van der Waals surface area contributed by atoms with E-state index in [1.165, 1.54) is 0 Å². The number of aliphatic imine (C=N–C) groups is 1. The van der Waals surface area contributed by atoms with E-state index in [-0.39, 0.29) is 12.5 Å². The van der Waals surface area contributed by atoms with Gasteiger partial charge in [0.1, 0.15) is 5.75 Å². The Balaban J connectivity index is 1.50. The molecule has 3 aromatic rings. The van der Waals surface area contributed by atoms with Crippen LogP contribution in [0.15, 0.2) is 77.8 Å². The summed E-state index contributed by atoms with van der Waals surface area (Å²) in [5.41, 5.74) is 0.936. The largest absolute Gasteiger partial charge is 0.494 e. The third-order valence-electron chi connectivity index (χ3n) is 7.41. The van der Waals surface area contributed by atoms with Crippen molar-refractivity contribution in [3.63, 3.8) is 0 Å². The van der Waals surface area contributed by atoms with Gasteiger partial charge in [-0.1, -0.05) is 59.6 Å². The molecule has 2 heterocycles. The van der Waals surface area contributed by atoms with Gasteiger partial charge in [0.05, 0.1) is 19.8 Å². The van der Waals surface area contributed by atoms with Crippen LogP contribution in [-0.2, 0) is 20.7 Å². The smallest absolute Gasteiger partial charge is 0.252 e. The first-order valence-corrected chi connectivity index (χ1v) is 14.9. The van der Waals surface area contributed by atoms with Crippen molar-refractivity contribution in [3.05, 3.63) is 99.5 Å². The molecule has 0 saturated carbocycles. The van der Waals surface area contributed by atoms with Crippen molar-refractivity contribution in [2.45, 2.75) is 24.5 Å². The summed E-state index contributed by atoms with van der Waals surface area (Å²) in [5, 5.41) is 13.1. The number of carbonyl (C=O) groups excluding carboxylic acids is 1. The minimum atomic E-state index is -1.34. The first-order chi connectivity index (χ1) is 20.5. The van der Waals surface area contributed by atoms with Gasteiger partial charge < -0.3 is 24.6 Å². The summed E-state index contributed by atoms with van der Waals surface area (Å²) in [6.07, 6.45) is 0.0394. The van der Waals surface area contributed by atoms with Gasteiger partial charge in [0.25, 0.3) is 5.91 Å². The number of nitrogens with one attached hydrogen (secondary N) is 1. The SMILES string of the molecule is O=C(NCCN1CCOCC1)[C@]1(Cc2ccccc2)N=C(c2ccc(OCCCO)cc2)O[C@@H]1c1ccc(Cl)cc1Cl. The number of ether oxygens (including phenoxy) is 3. The van der Waals surface area contributed by atoms with E-state index >= 15 is 0 Å². The molecule has 3 aromatic carbocycles. The highest BCUT2D eigenvalue weighted by Crippen LogP contribution is 2.45.